The van der Waals surface area contributed by atoms with Gasteiger partial charge in [-0.15, -0.1) is 0 Å². The van der Waals surface area contributed by atoms with Crippen LogP contribution in [0.2, 0.25) is 0 Å². The smallest absolute Gasteiger partial charge is 0.344 e. The van der Waals surface area contributed by atoms with E-state index in [1.54, 1.807) is 0 Å². The number of esters is 1. The maximum absolute atomic E-state index is 12.5. The van der Waals surface area contributed by atoms with E-state index in [4.69, 9.17) is 4.74 Å². The lowest BCUT2D eigenvalue weighted by Crippen LogP contribution is -2.59. The SMILES string of the molecule is CCC(Cn1ccnc1)(C(=O)OC)C(CC)(C(=O)O)P(=O)(O)O. The predicted molar refractivity (Wildman–Crippen MR) is 79.7 cm³/mol. The zero-order chi connectivity index (χ0) is 17.9. The molecule has 9 nitrogen and oxygen atoms in total. The topological polar surface area (TPSA) is 139 Å². The number of carboxylic acids is 1. The summed E-state index contributed by atoms with van der Waals surface area (Å²) in [5.41, 5.74) is -1.96. The van der Waals surface area contributed by atoms with Crippen molar-refractivity contribution in [3.8, 4) is 0 Å². The minimum atomic E-state index is -5.22. The van der Waals surface area contributed by atoms with Gasteiger partial charge in [0.1, 0.15) is 5.41 Å². The quantitative estimate of drug-likeness (QED) is 0.464. The molecule has 0 spiro atoms. The molecule has 2 atom stereocenters. The summed E-state index contributed by atoms with van der Waals surface area (Å²) in [5, 5.41) is 7.07. The molecule has 1 heterocycles. The Balaban J connectivity index is 3.73. The van der Waals surface area contributed by atoms with Crippen molar-refractivity contribution in [2.75, 3.05) is 7.11 Å². The molecule has 0 amide bonds. The molecular weight excluding hydrogens is 327 g/mol. The molecule has 2 unspecified atom stereocenters. The Hall–Kier alpha value is -1.70. The minimum absolute atomic E-state index is 0.136. The molecule has 0 aliphatic rings. The molecule has 0 aliphatic carbocycles. The van der Waals surface area contributed by atoms with Crippen molar-refractivity contribution in [1.82, 2.24) is 9.55 Å². The standard InChI is InChI=1S/C13H21N2O7P/c1-4-12(11(18)22-3,8-15-7-6-14-9-15)13(5-2,10(16)17)23(19,20)21/h6-7,9H,4-5,8H2,1-3H3,(H,16,17)(H2,19,20,21). The number of nitrogens with zero attached hydrogens (tertiary/aromatic N) is 2. The van der Waals surface area contributed by atoms with Crippen molar-refractivity contribution in [2.45, 2.75) is 38.4 Å². The second-order valence-corrected chi connectivity index (χ2v) is 7.08. The predicted octanol–water partition coefficient (Wildman–Crippen LogP) is 0.864. The molecule has 130 valence electrons. The van der Waals surface area contributed by atoms with Crippen LogP contribution in [0.4, 0.5) is 0 Å². The van der Waals surface area contributed by atoms with Crippen LogP contribution in [-0.2, 0) is 25.4 Å². The van der Waals surface area contributed by atoms with E-state index < -0.39 is 36.5 Å². The van der Waals surface area contributed by atoms with E-state index in [9.17, 15) is 29.0 Å². The van der Waals surface area contributed by atoms with E-state index in [2.05, 4.69) is 4.98 Å². The molecule has 0 fully saturated rings. The molecule has 1 aromatic heterocycles. The average molecular weight is 348 g/mol. The number of ether oxygens (including phenoxy) is 1. The summed E-state index contributed by atoms with van der Waals surface area (Å²) in [6, 6.07) is 0. The van der Waals surface area contributed by atoms with Crippen LogP contribution >= 0.6 is 7.60 Å². The summed E-state index contributed by atoms with van der Waals surface area (Å²) in [4.78, 5) is 47.9. The van der Waals surface area contributed by atoms with Crippen molar-refractivity contribution in [1.29, 1.82) is 0 Å². The summed E-state index contributed by atoms with van der Waals surface area (Å²) in [7, 11) is -4.16. The number of aliphatic carboxylic acids is 1. The Bertz CT molecular complexity index is 612. The van der Waals surface area contributed by atoms with E-state index >= 15 is 0 Å². The van der Waals surface area contributed by atoms with E-state index in [1.807, 2.05) is 0 Å². The van der Waals surface area contributed by atoms with Crippen LogP contribution in [0, 0.1) is 5.41 Å². The van der Waals surface area contributed by atoms with Gasteiger partial charge >= 0.3 is 19.5 Å². The number of hydrogen-bond acceptors (Lipinski definition) is 5. The summed E-state index contributed by atoms with van der Waals surface area (Å²) < 4.78 is 18.3. The Morgan fingerprint density at radius 2 is 1.91 bits per heavy atom. The molecular formula is C13H21N2O7P. The lowest BCUT2D eigenvalue weighted by atomic mass is 9.70. The maximum atomic E-state index is 12.5. The molecule has 0 saturated carbocycles. The molecule has 3 N–H and O–H groups in total. The first-order valence-corrected chi connectivity index (χ1v) is 8.57. The molecule has 0 aliphatic heterocycles. The number of imidazole rings is 1. The van der Waals surface area contributed by atoms with Crippen molar-refractivity contribution in [3.05, 3.63) is 18.7 Å². The van der Waals surface area contributed by atoms with Gasteiger partial charge in [0.15, 0.2) is 5.16 Å². The largest absolute Gasteiger partial charge is 0.480 e. The van der Waals surface area contributed by atoms with Crippen molar-refractivity contribution < 1.29 is 33.8 Å². The van der Waals surface area contributed by atoms with Crippen molar-refractivity contribution in [2.24, 2.45) is 5.41 Å². The highest BCUT2D eigenvalue weighted by atomic mass is 31.2. The van der Waals surface area contributed by atoms with E-state index in [0.29, 0.717) is 0 Å². The fraction of sp³-hybridized carbons (Fsp3) is 0.615. The Morgan fingerprint density at radius 3 is 2.22 bits per heavy atom. The third-order valence-electron chi connectivity index (χ3n) is 4.35. The zero-order valence-electron chi connectivity index (χ0n) is 13.2. The highest BCUT2D eigenvalue weighted by Crippen LogP contribution is 2.63. The van der Waals surface area contributed by atoms with Crippen LogP contribution in [0.25, 0.3) is 0 Å². The van der Waals surface area contributed by atoms with Crippen LogP contribution in [0.3, 0.4) is 0 Å². The van der Waals surface area contributed by atoms with Crippen LogP contribution in [0.15, 0.2) is 18.7 Å². The third-order valence-corrected chi connectivity index (χ3v) is 6.28. The van der Waals surface area contributed by atoms with E-state index in [-0.39, 0.29) is 13.0 Å². The van der Waals surface area contributed by atoms with Gasteiger partial charge in [0.05, 0.1) is 13.4 Å². The summed E-state index contributed by atoms with van der Waals surface area (Å²) in [5.74, 6) is -2.72. The fourth-order valence-electron chi connectivity index (χ4n) is 3.10. The van der Waals surface area contributed by atoms with Crippen molar-refractivity contribution >= 4 is 19.5 Å². The van der Waals surface area contributed by atoms with Crippen LogP contribution in [-0.4, -0.2) is 48.6 Å². The Labute approximate surface area is 133 Å². The first-order chi connectivity index (χ1) is 10.6. The fourth-order valence-corrected chi connectivity index (χ4v) is 4.64. The lowest BCUT2D eigenvalue weighted by molar-refractivity contribution is -0.165. The van der Waals surface area contributed by atoms with Crippen LogP contribution < -0.4 is 0 Å². The first-order valence-electron chi connectivity index (χ1n) is 6.96. The highest BCUT2D eigenvalue weighted by molar-refractivity contribution is 7.55. The molecule has 10 heteroatoms. The lowest BCUT2D eigenvalue weighted by Gasteiger charge is -2.44. The van der Waals surface area contributed by atoms with Gasteiger partial charge in [0.25, 0.3) is 0 Å². The second kappa shape index (κ2) is 6.82. The minimum Gasteiger partial charge on any atom is -0.480 e. The molecule has 0 bridgehead atoms. The van der Waals surface area contributed by atoms with Gasteiger partial charge in [-0.2, -0.15) is 0 Å². The molecule has 1 aromatic rings. The normalized spacial score (nSPS) is 17.1. The van der Waals surface area contributed by atoms with Gasteiger partial charge in [-0.1, -0.05) is 13.8 Å². The number of methoxy groups -OCH3 is 1. The van der Waals surface area contributed by atoms with Gasteiger partial charge in [0.2, 0.25) is 0 Å². The third kappa shape index (κ3) is 2.91. The number of carbonyl (C=O) groups is 2. The number of carbonyl (C=O) groups excluding carboxylic acids is 1. The van der Waals surface area contributed by atoms with E-state index in [0.717, 1.165) is 7.11 Å². The van der Waals surface area contributed by atoms with Gasteiger partial charge in [-0.3, -0.25) is 14.2 Å². The van der Waals surface area contributed by atoms with Gasteiger partial charge < -0.3 is 24.2 Å². The number of hydrogen-bond donors (Lipinski definition) is 3. The van der Waals surface area contributed by atoms with Crippen LogP contribution in [0.1, 0.15) is 26.7 Å². The van der Waals surface area contributed by atoms with Gasteiger partial charge in [0, 0.05) is 18.9 Å². The first kappa shape index (κ1) is 19.3. The molecule has 23 heavy (non-hydrogen) atoms. The summed E-state index contributed by atoms with van der Waals surface area (Å²) >= 11 is 0. The van der Waals surface area contributed by atoms with Gasteiger partial charge in [-0.05, 0) is 12.8 Å². The molecule has 0 saturated heterocycles. The number of aromatic nitrogens is 2. The zero-order valence-corrected chi connectivity index (χ0v) is 14.1. The van der Waals surface area contributed by atoms with E-state index in [1.165, 1.54) is 37.1 Å². The molecule has 0 radical (unpaired) electrons. The average Bonchev–Trinajstić information content (AvgIpc) is 2.97. The molecule has 0 aromatic carbocycles. The monoisotopic (exact) mass is 348 g/mol. The van der Waals surface area contributed by atoms with Crippen molar-refractivity contribution in [3.63, 3.8) is 0 Å². The second-order valence-electron chi connectivity index (χ2n) is 5.23. The molecule has 1 rings (SSSR count). The summed E-state index contributed by atoms with van der Waals surface area (Å²) in [6.45, 7) is 2.55. The Kier molecular flexibility index (Phi) is 5.74. The number of rotatable bonds is 8. The van der Waals surface area contributed by atoms with Crippen LogP contribution in [0.5, 0.6) is 0 Å². The Morgan fingerprint density at radius 1 is 1.30 bits per heavy atom. The highest BCUT2D eigenvalue weighted by Gasteiger charge is 2.69. The maximum Gasteiger partial charge on any atom is 0.344 e. The summed E-state index contributed by atoms with van der Waals surface area (Å²) in [6.07, 6.45) is 3.67. The number of carboxylic acid groups (broad SMARTS) is 1. The van der Waals surface area contributed by atoms with Gasteiger partial charge in [-0.25, -0.2) is 4.98 Å².